The van der Waals surface area contributed by atoms with Gasteiger partial charge in [-0.1, -0.05) is 13.8 Å². The third kappa shape index (κ3) is 4.72. The highest BCUT2D eigenvalue weighted by Gasteiger charge is 2.22. The Morgan fingerprint density at radius 3 is 2.76 bits per heavy atom. The van der Waals surface area contributed by atoms with Crippen LogP contribution in [0.3, 0.4) is 0 Å². The minimum Gasteiger partial charge on any atom is -0.453 e. The number of anilines is 1. The van der Waals surface area contributed by atoms with Crippen molar-refractivity contribution in [3.05, 3.63) is 60.7 Å². The maximum absolute atomic E-state index is 14.2. The Kier molecular flexibility index (Phi) is 6.03. The van der Waals surface area contributed by atoms with Crippen molar-refractivity contribution < 1.29 is 9.13 Å². The van der Waals surface area contributed by atoms with Crippen molar-refractivity contribution in [3.8, 4) is 21.9 Å². The van der Waals surface area contributed by atoms with Gasteiger partial charge in [0.2, 0.25) is 0 Å². The number of hydrogen-bond acceptors (Lipinski definition) is 6. The Labute approximate surface area is 196 Å². The van der Waals surface area contributed by atoms with Crippen LogP contribution in [0.1, 0.15) is 32.7 Å². The standard InChI is InChI=1S/C25H27FN5OS/c1-16(2)14-30-9-6-19(7-10-30)31-15-17(13-29-31)24-12-21-25(33-24)23(5-8-28-21)32-22-4-3-18(27)11-20(22)26/h3-5,8,11-13,15,19H,6-7,9-10,14,27H2,1-2H3. The number of pyridine rings is 1. The van der Waals surface area contributed by atoms with Crippen molar-refractivity contribution in [1.82, 2.24) is 19.7 Å². The van der Waals surface area contributed by atoms with Crippen LogP contribution in [0.4, 0.5) is 10.1 Å². The molecule has 1 saturated heterocycles. The second-order valence-corrected chi connectivity index (χ2v) is 9.90. The quantitative estimate of drug-likeness (QED) is 0.359. The molecule has 4 aromatic rings. The molecule has 0 saturated carbocycles. The molecule has 3 aromatic heterocycles. The van der Waals surface area contributed by atoms with E-state index in [1.807, 2.05) is 12.3 Å². The van der Waals surface area contributed by atoms with Crippen LogP contribution in [0.2, 0.25) is 0 Å². The number of likely N-dealkylation sites (tertiary alicyclic amines) is 1. The zero-order valence-electron chi connectivity index (χ0n) is 18.8. The van der Waals surface area contributed by atoms with Crippen LogP contribution in [0, 0.1) is 11.7 Å². The van der Waals surface area contributed by atoms with E-state index < -0.39 is 5.82 Å². The van der Waals surface area contributed by atoms with Crippen molar-refractivity contribution in [2.45, 2.75) is 32.7 Å². The second kappa shape index (κ2) is 9.11. The van der Waals surface area contributed by atoms with Crippen LogP contribution in [-0.4, -0.2) is 39.3 Å². The molecule has 1 aliphatic heterocycles. The molecular weight excluding hydrogens is 437 g/mol. The van der Waals surface area contributed by atoms with Gasteiger partial charge in [0.15, 0.2) is 11.6 Å². The molecule has 0 amide bonds. The van der Waals surface area contributed by atoms with Crippen LogP contribution >= 0.6 is 11.3 Å². The van der Waals surface area contributed by atoms with E-state index in [-0.39, 0.29) is 5.75 Å². The highest BCUT2D eigenvalue weighted by atomic mass is 32.1. The topological polar surface area (TPSA) is 69.2 Å². The number of benzene rings is 1. The van der Waals surface area contributed by atoms with Crippen molar-refractivity contribution >= 4 is 27.2 Å². The Morgan fingerprint density at radius 2 is 2.00 bits per heavy atom. The Morgan fingerprint density at radius 1 is 1.18 bits per heavy atom. The maximum Gasteiger partial charge on any atom is 0.167 e. The van der Waals surface area contributed by atoms with E-state index >= 15 is 0 Å². The van der Waals surface area contributed by atoms with Gasteiger partial charge < -0.3 is 15.4 Å². The van der Waals surface area contributed by atoms with Gasteiger partial charge in [-0.3, -0.25) is 9.67 Å². The van der Waals surface area contributed by atoms with Crippen LogP contribution in [0.25, 0.3) is 20.7 Å². The molecule has 4 heterocycles. The summed E-state index contributed by atoms with van der Waals surface area (Å²) >= 11 is 1.57. The number of nitrogen functional groups attached to an aromatic ring is 1. The number of halogens is 1. The first-order valence-corrected chi connectivity index (χ1v) is 12.0. The molecule has 6 nitrogen and oxygen atoms in total. The van der Waals surface area contributed by atoms with Gasteiger partial charge in [0.25, 0.3) is 0 Å². The first-order valence-electron chi connectivity index (χ1n) is 11.1. The highest BCUT2D eigenvalue weighted by Crippen LogP contribution is 2.40. The third-order valence-corrected chi connectivity index (χ3v) is 7.10. The van der Waals surface area contributed by atoms with Crippen LogP contribution in [0.5, 0.6) is 11.5 Å². The fourth-order valence-corrected chi connectivity index (χ4v) is 5.35. The summed E-state index contributed by atoms with van der Waals surface area (Å²) in [5.41, 5.74) is 7.88. The van der Waals surface area contributed by atoms with Crippen molar-refractivity contribution in [2.24, 2.45) is 0 Å². The van der Waals surface area contributed by atoms with Crippen LogP contribution in [0.15, 0.2) is 48.9 Å². The maximum atomic E-state index is 14.2. The minimum absolute atomic E-state index is 0.140. The summed E-state index contributed by atoms with van der Waals surface area (Å²) in [7, 11) is 0. The summed E-state index contributed by atoms with van der Waals surface area (Å²) in [6.45, 7) is 7.65. The van der Waals surface area contributed by atoms with E-state index in [0.717, 1.165) is 53.1 Å². The molecule has 1 aliphatic rings. The van der Waals surface area contributed by atoms with Gasteiger partial charge in [0, 0.05) is 60.3 Å². The van der Waals surface area contributed by atoms with Gasteiger partial charge in [-0.05, 0) is 37.0 Å². The van der Waals surface area contributed by atoms with Gasteiger partial charge in [0.05, 0.1) is 22.5 Å². The van der Waals surface area contributed by atoms with E-state index in [1.165, 1.54) is 12.0 Å². The van der Waals surface area contributed by atoms with E-state index in [9.17, 15) is 4.39 Å². The summed E-state index contributed by atoms with van der Waals surface area (Å²) < 4.78 is 23.1. The van der Waals surface area contributed by atoms with Gasteiger partial charge >= 0.3 is 0 Å². The molecule has 33 heavy (non-hydrogen) atoms. The average molecular weight is 465 g/mol. The fourth-order valence-electron chi connectivity index (χ4n) is 4.31. The van der Waals surface area contributed by atoms with E-state index in [4.69, 9.17) is 10.5 Å². The summed E-state index contributed by atoms with van der Waals surface area (Å²) in [5.74, 6) is 1.68. The number of hydrogen-bond donors (Lipinski definition) is 1. The first-order chi connectivity index (χ1) is 16.0. The molecule has 1 aromatic carbocycles. The largest absolute Gasteiger partial charge is 0.453 e. The number of thiophene rings is 1. The number of ether oxygens (including phenoxy) is 1. The Hall–Kier alpha value is -2.97. The lowest BCUT2D eigenvalue weighted by molar-refractivity contribution is 0.186. The van der Waals surface area contributed by atoms with Gasteiger partial charge in [-0.2, -0.15) is 5.10 Å². The number of rotatable bonds is 6. The number of aromatic nitrogens is 3. The summed E-state index contributed by atoms with van der Waals surface area (Å²) in [5, 5.41) is 4.67. The molecule has 0 unspecified atom stereocenters. The minimum atomic E-state index is -0.490. The summed E-state index contributed by atoms with van der Waals surface area (Å²) in [4.78, 5) is 8.05. The summed E-state index contributed by atoms with van der Waals surface area (Å²) in [6, 6.07) is 8.64. The number of fused-ring (bicyclic) bond motifs is 1. The van der Waals surface area contributed by atoms with Gasteiger partial charge in [0.1, 0.15) is 5.75 Å². The number of nitrogens with two attached hydrogens (primary N) is 1. The predicted molar refractivity (Wildman–Crippen MR) is 131 cm³/mol. The van der Waals surface area contributed by atoms with Crippen LogP contribution < -0.4 is 10.5 Å². The van der Waals surface area contributed by atoms with Crippen molar-refractivity contribution in [3.63, 3.8) is 0 Å². The zero-order chi connectivity index (χ0) is 22.9. The number of nitrogens with zero attached hydrogens (tertiary/aromatic N) is 4. The SMILES string of the molecule is C[C](C)CN1CCC(n2cc(-c3cc4nccc(Oc5ccc(N)cc5F)c4s3)cn2)CC1. The smallest absolute Gasteiger partial charge is 0.167 e. The molecule has 5 rings (SSSR count). The molecule has 1 radical (unpaired) electrons. The van der Waals surface area contributed by atoms with E-state index in [0.29, 0.717) is 17.5 Å². The molecule has 0 spiro atoms. The lowest BCUT2D eigenvalue weighted by Crippen LogP contribution is -2.36. The van der Waals surface area contributed by atoms with E-state index in [2.05, 4.69) is 39.7 Å². The molecular formula is C25H27FN5OS. The molecule has 2 N–H and O–H groups in total. The molecule has 0 bridgehead atoms. The highest BCUT2D eigenvalue weighted by molar-refractivity contribution is 7.22. The molecule has 0 aliphatic carbocycles. The summed E-state index contributed by atoms with van der Waals surface area (Å²) in [6.07, 6.45) is 7.93. The van der Waals surface area contributed by atoms with Crippen LogP contribution in [-0.2, 0) is 0 Å². The Balaban J connectivity index is 1.35. The molecule has 171 valence electrons. The molecule has 0 atom stereocenters. The van der Waals surface area contributed by atoms with E-state index in [1.54, 1.807) is 35.7 Å². The predicted octanol–water partition coefficient (Wildman–Crippen LogP) is 5.92. The van der Waals surface area contributed by atoms with Gasteiger partial charge in [-0.15, -0.1) is 11.3 Å². The second-order valence-electron chi connectivity index (χ2n) is 8.85. The lowest BCUT2D eigenvalue weighted by Gasteiger charge is -2.32. The molecule has 8 heteroatoms. The van der Waals surface area contributed by atoms with Gasteiger partial charge in [-0.25, -0.2) is 4.39 Å². The van der Waals surface area contributed by atoms with Crippen molar-refractivity contribution in [2.75, 3.05) is 25.4 Å². The first kappa shape index (κ1) is 21.9. The monoisotopic (exact) mass is 464 g/mol. The lowest BCUT2D eigenvalue weighted by atomic mass is 10.0. The average Bonchev–Trinajstić information content (AvgIpc) is 3.43. The Bertz CT molecular complexity index is 1260. The fraction of sp³-hybridized carbons (Fsp3) is 0.320. The number of piperidine rings is 1. The zero-order valence-corrected chi connectivity index (χ0v) is 19.6. The van der Waals surface area contributed by atoms with Crippen molar-refractivity contribution in [1.29, 1.82) is 0 Å². The normalized spacial score (nSPS) is 15.5. The molecule has 1 fully saturated rings. The third-order valence-electron chi connectivity index (χ3n) is 5.91.